The van der Waals surface area contributed by atoms with Gasteiger partial charge in [-0.1, -0.05) is 0 Å². The molecule has 1 aromatic carbocycles. The summed E-state index contributed by atoms with van der Waals surface area (Å²) >= 11 is 0. The third-order valence-electron chi connectivity index (χ3n) is 4.61. The van der Waals surface area contributed by atoms with E-state index in [2.05, 4.69) is 20.1 Å². The summed E-state index contributed by atoms with van der Waals surface area (Å²) in [5, 5.41) is 7.33. The Hall–Kier alpha value is -3.42. The Morgan fingerprint density at radius 3 is 2.55 bits per heavy atom. The Labute approximate surface area is 168 Å². The van der Waals surface area contributed by atoms with Crippen molar-refractivity contribution in [1.82, 2.24) is 14.6 Å². The fourth-order valence-electron chi connectivity index (χ4n) is 3.10. The molecule has 0 atom stereocenters. The maximum absolute atomic E-state index is 12.4. The van der Waals surface area contributed by atoms with Crippen LogP contribution in [0.4, 0.5) is 5.69 Å². The smallest absolute Gasteiger partial charge is 0.343 e. The van der Waals surface area contributed by atoms with Gasteiger partial charge >= 0.3 is 5.97 Å². The Bertz CT molecular complexity index is 1040. The second-order valence-corrected chi connectivity index (χ2v) is 6.75. The minimum atomic E-state index is -0.453. The number of esters is 1. The number of benzene rings is 1. The zero-order valence-electron chi connectivity index (χ0n) is 17.0. The fourth-order valence-corrected chi connectivity index (χ4v) is 3.10. The van der Waals surface area contributed by atoms with Gasteiger partial charge in [0, 0.05) is 29.6 Å². The highest BCUT2D eigenvalue weighted by Crippen LogP contribution is 2.19. The number of ether oxygens (including phenoxy) is 2. The minimum absolute atomic E-state index is 0.0937. The second kappa shape index (κ2) is 8.72. The minimum Gasteiger partial charge on any atom is -0.482 e. The molecule has 152 valence electrons. The summed E-state index contributed by atoms with van der Waals surface area (Å²) in [4.78, 5) is 28.0. The molecule has 0 saturated carbocycles. The summed E-state index contributed by atoms with van der Waals surface area (Å²) in [5.41, 5.74) is 5.33. The number of nitrogens with one attached hydrogen (secondary N) is 1. The molecule has 8 nitrogen and oxygen atoms in total. The third kappa shape index (κ3) is 4.90. The van der Waals surface area contributed by atoms with Gasteiger partial charge in [-0.05, 0) is 57.0 Å². The maximum Gasteiger partial charge on any atom is 0.343 e. The molecule has 8 heteroatoms. The molecule has 1 amide bonds. The van der Waals surface area contributed by atoms with Crippen LogP contribution in [0.1, 0.15) is 29.1 Å². The summed E-state index contributed by atoms with van der Waals surface area (Å²) in [5.74, 6) is -0.0248. The Kier molecular flexibility index (Phi) is 6.11. The summed E-state index contributed by atoms with van der Waals surface area (Å²) in [6.45, 7) is 5.72. The molecule has 1 N–H and O–H groups in total. The number of aromatic nitrogens is 3. The van der Waals surface area contributed by atoms with Crippen molar-refractivity contribution in [2.75, 3.05) is 19.0 Å². The highest BCUT2D eigenvalue weighted by Gasteiger charge is 2.13. The van der Waals surface area contributed by atoms with E-state index in [0.29, 0.717) is 24.3 Å². The van der Waals surface area contributed by atoms with Crippen molar-refractivity contribution in [3.8, 4) is 5.75 Å². The van der Waals surface area contributed by atoms with Gasteiger partial charge in [-0.25, -0.2) is 14.3 Å². The quantitative estimate of drug-likeness (QED) is 0.617. The van der Waals surface area contributed by atoms with Crippen molar-refractivity contribution >= 4 is 23.2 Å². The van der Waals surface area contributed by atoms with E-state index in [1.165, 1.54) is 7.11 Å². The lowest BCUT2D eigenvalue weighted by molar-refractivity contribution is -0.142. The summed E-state index contributed by atoms with van der Waals surface area (Å²) in [6.07, 6.45) is 0.904. The van der Waals surface area contributed by atoms with E-state index >= 15 is 0 Å². The maximum atomic E-state index is 12.4. The van der Waals surface area contributed by atoms with Gasteiger partial charge in [0.2, 0.25) is 5.91 Å². The first-order valence-corrected chi connectivity index (χ1v) is 9.29. The molecule has 0 saturated heterocycles. The van der Waals surface area contributed by atoms with Crippen molar-refractivity contribution in [3.05, 3.63) is 53.0 Å². The van der Waals surface area contributed by atoms with E-state index < -0.39 is 5.97 Å². The predicted molar refractivity (Wildman–Crippen MR) is 108 cm³/mol. The molecule has 3 aromatic rings. The SMILES string of the molecule is COC(=O)COc1ccc(NC(=O)CCc2c(C)nc3cc(C)nn3c2C)cc1. The summed E-state index contributed by atoms with van der Waals surface area (Å²) in [7, 11) is 1.30. The van der Waals surface area contributed by atoms with Crippen LogP contribution >= 0.6 is 0 Å². The number of fused-ring (bicyclic) bond motifs is 1. The zero-order chi connectivity index (χ0) is 21.0. The molecule has 2 aromatic heterocycles. The number of amides is 1. The third-order valence-corrected chi connectivity index (χ3v) is 4.61. The topological polar surface area (TPSA) is 94.8 Å². The van der Waals surface area contributed by atoms with Crippen LogP contribution in [0.2, 0.25) is 0 Å². The van der Waals surface area contributed by atoms with Crippen molar-refractivity contribution in [2.24, 2.45) is 0 Å². The molecule has 0 spiro atoms. The molecule has 0 aliphatic carbocycles. The molecule has 2 heterocycles. The highest BCUT2D eigenvalue weighted by molar-refractivity contribution is 5.90. The molecule has 0 fully saturated rings. The Morgan fingerprint density at radius 2 is 1.86 bits per heavy atom. The van der Waals surface area contributed by atoms with Crippen LogP contribution in [-0.2, 0) is 20.7 Å². The monoisotopic (exact) mass is 396 g/mol. The standard InChI is InChI=1S/C21H24N4O4/c1-13-11-19-22-14(2)18(15(3)25(19)24-13)9-10-20(26)23-16-5-7-17(8-6-16)29-12-21(27)28-4/h5-8,11H,9-10,12H2,1-4H3,(H,23,26). The van der Waals surface area contributed by atoms with Crippen LogP contribution in [0.3, 0.4) is 0 Å². The highest BCUT2D eigenvalue weighted by atomic mass is 16.6. The number of nitrogens with zero attached hydrogens (tertiary/aromatic N) is 3. The van der Waals surface area contributed by atoms with Gasteiger partial charge in [0.25, 0.3) is 0 Å². The number of carbonyl (C=O) groups excluding carboxylic acids is 2. The molecule has 0 aliphatic rings. The number of aryl methyl sites for hydroxylation is 3. The van der Waals surface area contributed by atoms with Crippen LogP contribution in [-0.4, -0.2) is 40.2 Å². The van der Waals surface area contributed by atoms with Gasteiger partial charge < -0.3 is 14.8 Å². The van der Waals surface area contributed by atoms with Crippen molar-refractivity contribution < 1.29 is 19.1 Å². The lowest BCUT2D eigenvalue weighted by Crippen LogP contribution is -2.14. The van der Waals surface area contributed by atoms with E-state index in [9.17, 15) is 9.59 Å². The lowest BCUT2D eigenvalue weighted by Gasteiger charge is -2.11. The van der Waals surface area contributed by atoms with Gasteiger partial charge in [-0.3, -0.25) is 4.79 Å². The van der Waals surface area contributed by atoms with Crippen LogP contribution in [0.5, 0.6) is 5.75 Å². The van der Waals surface area contributed by atoms with Crippen LogP contribution in [0.25, 0.3) is 5.65 Å². The summed E-state index contributed by atoms with van der Waals surface area (Å²) < 4.78 is 11.6. The van der Waals surface area contributed by atoms with E-state index in [-0.39, 0.29) is 12.5 Å². The van der Waals surface area contributed by atoms with Crippen LogP contribution < -0.4 is 10.1 Å². The van der Waals surface area contributed by atoms with Gasteiger partial charge in [0.1, 0.15) is 5.75 Å². The Balaban J connectivity index is 1.59. The van der Waals surface area contributed by atoms with E-state index in [4.69, 9.17) is 4.74 Å². The van der Waals surface area contributed by atoms with E-state index in [0.717, 1.165) is 28.3 Å². The average Bonchev–Trinajstić information content (AvgIpc) is 3.07. The predicted octanol–water partition coefficient (Wildman–Crippen LogP) is 2.78. The number of hydrogen-bond acceptors (Lipinski definition) is 6. The average molecular weight is 396 g/mol. The first-order valence-electron chi connectivity index (χ1n) is 9.29. The van der Waals surface area contributed by atoms with Crippen LogP contribution in [0.15, 0.2) is 30.3 Å². The summed E-state index contributed by atoms with van der Waals surface area (Å²) in [6, 6.07) is 8.76. The molecule has 29 heavy (non-hydrogen) atoms. The lowest BCUT2D eigenvalue weighted by atomic mass is 10.1. The second-order valence-electron chi connectivity index (χ2n) is 6.75. The molecule has 0 unspecified atom stereocenters. The van der Waals surface area contributed by atoms with Gasteiger partial charge in [0.05, 0.1) is 12.8 Å². The van der Waals surface area contributed by atoms with E-state index in [1.807, 2.05) is 31.4 Å². The van der Waals surface area contributed by atoms with Gasteiger partial charge in [-0.2, -0.15) is 5.10 Å². The first-order chi connectivity index (χ1) is 13.9. The van der Waals surface area contributed by atoms with Gasteiger partial charge in [-0.15, -0.1) is 0 Å². The number of hydrogen-bond donors (Lipinski definition) is 1. The largest absolute Gasteiger partial charge is 0.482 e. The molecule has 0 aliphatic heterocycles. The van der Waals surface area contributed by atoms with Crippen molar-refractivity contribution in [1.29, 1.82) is 0 Å². The van der Waals surface area contributed by atoms with Crippen molar-refractivity contribution in [3.63, 3.8) is 0 Å². The first kappa shape index (κ1) is 20.3. The zero-order valence-corrected chi connectivity index (χ0v) is 17.0. The van der Waals surface area contributed by atoms with Gasteiger partial charge in [0.15, 0.2) is 12.3 Å². The molecule has 3 rings (SSSR count). The number of rotatable bonds is 7. The van der Waals surface area contributed by atoms with Crippen LogP contribution in [0, 0.1) is 20.8 Å². The number of anilines is 1. The molecule has 0 radical (unpaired) electrons. The molecular weight excluding hydrogens is 372 g/mol. The molecule has 0 bridgehead atoms. The Morgan fingerprint density at radius 1 is 1.14 bits per heavy atom. The molecular formula is C21H24N4O4. The fraction of sp³-hybridized carbons (Fsp3) is 0.333. The number of methoxy groups -OCH3 is 1. The van der Waals surface area contributed by atoms with E-state index in [1.54, 1.807) is 24.3 Å². The normalized spacial score (nSPS) is 10.8. The number of carbonyl (C=O) groups is 2. The van der Waals surface area contributed by atoms with Crippen molar-refractivity contribution in [2.45, 2.75) is 33.6 Å².